The summed E-state index contributed by atoms with van der Waals surface area (Å²) in [6.45, 7) is 4.02. The molecule has 0 amide bonds. The van der Waals surface area contributed by atoms with Crippen LogP contribution >= 0.6 is 11.6 Å². The molecule has 25 heavy (non-hydrogen) atoms. The van der Waals surface area contributed by atoms with Gasteiger partial charge in [-0.3, -0.25) is 4.99 Å². The highest BCUT2D eigenvalue weighted by atomic mass is 35.5. The van der Waals surface area contributed by atoms with Crippen LogP contribution in [-0.2, 0) is 10.0 Å². The monoisotopic (exact) mass is 386 g/mol. The first kappa shape index (κ1) is 20.0. The van der Waals surface area contributed by atoms with Crippen molar-refractivity contribution in [3.63, 3.8) is 0 Å². The van der Waals surface area contributed by atoms with Crippen LogP contribution in [0.25, 0.3) is 0 Å². The van der Waals surface area contributed by atoms with E-state index in [2.05, 4.69) is 22.5 Å². The van der Waals surface area contributed by atoms with Crippen molar-refractivity contribution >= 4 is 27.6 Å². The molecule has 1 aliphatic heterocycles. The molecule has 0 spiro atoms. The molecule has 1 aliphatic rings. The fraction of sp³-hybridized carbons (Fsp3) is 0.588. The van der Waals surface area contributed by atoms with Crippen molar-refractivity contribution in [2.75, 3.05) is 32.9 Å². The molecule has 8 heteroatoms. The molecule has 1 heterocycles. The van der Waals surface area contributed by atoms with Gasteiger partial charge in [0.25, 0.3) is 0 Å². The third-order valence-corrected chi connectivity index (χ3v) is 6.06. The Bertz CT molecular complexity index is 700. The number of halogens is 1. The molecular weight excluding hydrogens is 360 g/mol. The highest BCUT2D eigenvalue weighted by Gasteiger charge is 2.24. The molecule has 6 nitrogen and oxygen atoms in total. The van der Waals surface area contributed by atoms with E-state index in [4.69, 9.17) is 11.6 Å². The van der Waals surface area contributed by atoms with Gasteiger partial charge in [-0.05, 0) is 43.4 Å². The van der Waals surface area contributed by atoms with Gasteiger partial charge in [0, 0.05) is 31.7 Å². The minimum absolute atomic E-state index is 0.0805. The minimum Gasteiger partial charge on any atom is -0.356 e. The lowest BCUT2D eigenvalue weighted by Gasteiger charge is -2.30. The summed E-state index contributed by atoms with van der Waals surface area (Å²) in [5.41, 5.74) is 1.09. The van der Waals surface area contributed by atoms with Crippen molar-refractivity contribution in [1.29, 1.82) is 0 Å². The molecule has 1 saturated heterocycles. The molecule has 1 unspecified atom stereocenters. The highest BCUT2D eigenvalue weighted by Crippen LogP contribution is 2.19. The van der Waals surface area contributed by atoms with Gasteiger partial charge in [0.2, 0.25) is 10.0 Å². The first-order valence-corrected chi connectivity index (χ1v) is 10.7. The van der Waals surface area contributed by atoms with Crippen LogP contribution in [0.4, 0.5) is 0 Å². The maximum Gasteiger partial charge on any atom is 0.211 e. The van der Waals surface area contributed by atoms with Crippen LogP contribution in [0.2, 0.25) is 5.02 Å². The van der Waals surface area contributed by atoms with Gasteiger partial charge >= 0.3 is 0 Å². The van der Waals surface area contributed by atoms with Crippen LogP contribution in [0, 0.1) is 5.92 Å². The van der Waals surface area contributed by atoms with E-state index in [0.717, 1.165) is 30.9 Å². The normalized spacial score (nSPS) is 18.8. The number of sulfonamides is 1. The Hall–Kier alpha value is -1.31. The first-order valence-electron chi connectivity index (χ1n) is 8.47. The van der Waals surface area contributed by atoms with Crippen LogP contribution in [0.5, 0.6) is 0 Å². The average Bonchev–Trinajstić information content (AvgIpc) is 2.58. The Morgan fingerprint density at radius 2 is 2.08 bits per heavy atom. The van der Waals surface area contributed by atoms with Crippen molar-refractivity contribution in [3.8, 4) is 0 Å². The molecule has 1 aromatic carbocycles. The number of hydrogen-bond donors (Lipinski definition) is 2. The van der Waals surface area contributed by atoms with E-state index in [-0.39, 0.29) is 6.04 Å². The molecule has 140 valence electrons. The lowest BCUT2D eigenvalue weighted by Crippen LogP contribution is -2.44. The Kier molecular flexibility index (Phi) is 7.10. The Morgan fingerprint density at radius 1 is 1.40 bits per heavy atom. The maximum atomic E-state index is 11.6. The molecular formula is C17H27ClN4O2S. The number of aliphatic imine (C=N–C) groups is 1. The Balaban J connectivity index is 1.81. The van der Waals surface area contributed by atoms with Crippen molar-refractivity contribution in [3.05, 3.63) is 34.9 Å². The number of benzene rings is 1. The van der Waals surface area contributed by atoms with Crippen LogP contribution in [0.3, 0.4) is 0 Å². The van der Waals surface area contributed by atoms with Gasteiger partial charge in [0.15, 0.2) is 5.96 Å². The smallest absolute Gasteiger partial charge is 0.211 e. The fourth-order valence-corrected chi connectivity index (χ4v) is 4.02. The van der Waals surface area contributed by atoms with E-state index in [1.165, 1.54) is 6.26 Å². The number of rotatable bonds is 5. The average molecular weight is 387 g/mol. The van der Waals surface area contributed by atoms with Gasteiger partial charge in [-0.1, -0.05) is 23.7 Å². The van der Waals surface area contributed by atoms with Crippen molar-refractivity contribution in [2.24, 2.45) is 10.9 Å². The van der Waals surface area contributed by atoms with Crippen molar-refractivity contribution < 1.29 is 8.42 Å². The van der Waals surface area contributed by atoms with Crippen LogP contribution in [0.1, 0.15) is 31.4 Å². The molecule has 0 aliphatic carbocycles. The van der Waals surface area contributed by atoms with E-state index < -0.39 is 10.0 Å². The second-order valence-electron chi connectivity index (χ2n) is 6.48. The number of hydrogen-bond acceptors (Lipinski definition) is 3. The third kappa shape index (κ3) is 6.17. The second-order valence-corrected chi connectivity index (χ2v) is 8.90. The summed E-state index contributed by atoms with van der Waals surface area (Å²) in [7, 11) is -1.33. The zero-order valence-electron chi connectivity index (χ0n) is 15.0. The SMILES string of the molecule is CN=C(NCC1CCN(S(C)(=O)=O)CC1)NC(C)c1cccc(Cl)c1. The predicted molar refractivity (Wildman–Crippen MR) is 104 cm³/mol. The zero-order chi connectivity index (χ0) is 18.4. The molecule has 1 aromatic rings. The third-order valence-electron chi connectivity index (χ3n) is 4.53. The summed E-state index contributed by atoms with van der Waals surface area (Å²) >= 11 is 6.05. The number of nitrogens with one attached hydrogen (secondary N) is 2. The van der Waals surface area contributed by atoms with Gasteiger partial charge in [0.1, 0.15) is 0 Å². The molecule has 0 radical (unpaired) electrons. The summed E-state index contributed by atoms with van der Waals surface area (Å²) < 4.78 is 24.7. The highest BCUT2D eigenvalue weighted by molar-refractivity contribution is 7.88. The fourth-order valence-electron chi connectivity index (χ4n) is 2.95. The van der Waals surface area contributed by atoms with E-state index in [1.807, 2.05) is 24.3 Å². The second kappa shape index (κ2) is 8.87. The topological polar surface area (TPSA) is 73.8 Å². The Morgan fingerprint density at radius 3 is 2.64 bits per heavy atom. The largest absolute Gasteiger partial charge is 0.356 e. The van der Waals surface area contributed by atoms with E-state index in [0.29, 0.717) is 24.0 Å². The molecule has 0 saturated carbocycles. The van der Waals surface area contributed by atoms with Crippen LogP contribution in [-0.4, -0.2) is 51.6 Å². The molecule has 0 aromatic heterocycles. The summed E-state index contributed by atoms with van der Waals surface area (Å²) in [4.78, 5) is 4.27. The van der Waals surface area contributed by atoms with E-state index in [1.54, 1.807) is 11.4 Å². The van der Waals surface area contributed by atoms with Crippen LogP contribution in [0.15, 0.2) is 29.3 Å². The molecule has 0 bridgehead atoms. The lowest BCUT2D eigenvalue weighted by atomic mass is 9.98. The van der Waals surface area contributed by atoms with Gasteiger partial charge in [-0.15, -0.1) is 0 Å². The zero-order valence-corrected chi connectivity index (χ0v) is 16.6. The van der Waals surface area contributed by atoms with Gasteiger partial charge in [0.05, 0.1) is 12.3 Å². The minimum atomic E-state index is -3.07. The van der Waals surface area contributed by atoms with Gasteiger partial charge in [-0.25, -0.2) is 12.7 Å². The van der Waals surface area contributed by atoms with E-state index >= 15 is 0 Å². The maximum absolute atomic E-state index is 11.6. The Labute approximate surface area is 155 Å². The molecule has 1 atom stereocenters. The van der Waals surface area contributed by atoms with E-state index in [9.17, 15) is 8.42 Å². The van der Waals surface area contributed by atoms with Crippen LogP contribution < -0.4 is 10.6 Å². The first-order chi connectivity index (χ1) is 11.8. The predicted octanol–water partition coefficient (Wildman–Crippen LogP) is 2.24. The molecule has 2 N–H and O–H groups in total. The van der Waals surface area contributed by atoms with Crippen molar-refractivity contribution in [1.82, 2.24) is 14.9 Å². The standard InChI is InChI=1S/C17H27ClN4O2S/c1-13(15-5-4-6-16(18)11-15)21-17(19-2)20-12-14-7-9-22(10-8-14)25(3,23)24/h4-6,11,13-14H,7-10,12H2,1-3H3,(H2,19,20,21). The lowest BCUT2D eigenvalue weighted by molar-refractivity contribution is 0.274. The molecule has 2 rings (SSSR count). The van der Waals surface area contributed by atoms with Gasteiger partial charge in [-0.2, -0.15) is 0 Å². The summed E-state index contributed by atoms with van der Waals surface area (Å²) in [5, 5.41) is 7.42. The summed E-state index contributed by atoms with van der Waals surface area (Å²) in [6.07, 6.45) is 3.00. The van der Waals surface area contributed by atoms with Crippen molar-refractivity contribution in [2.45, 2.75) is 25.8 Å². The quantitative estimate of drug-likeness (QED) is 0.601. The summed E-state index contributed by atoms with van der Waals surface area (Å²) in [6, 6.07) is 7.83. The van der Waals surface area contributed by atoms with Gasteiger partial charge < -0.3 is 10.6 Å². The number of piperidine rings is 1. The number of nitrogens with zero attached hydrogens (tertiary/aromatic N) is 2. The number of guanidine groups is 1. The summed E-state index contributed by atoms with van der Waals surface area (Å²) in [5.74, 6) is 1.18. The molecule has 1 fully saturated rings.